The van der Waals surface area contributed by atoms with Crippen molar-refractivity contribution in [1.29, 1.82) is 0 Å². The molecule has 0 heterocycles. The summed E-state index contributed by atoms with van der Waals surface area (Å²) in [5.74, 6) is 0.737. The number of ether oxygens (including phenoxy) is 1. The summed E-state index contributed by atoms with van der Waals surface area (Å²) in [6.45, 7) is 4.30. The molecule has 0 saturated heterocycles. The first-order chi connectivity index (χ1) is 10.7. The van der Waals surface area contributed by atoms with E-state index in [2.05, 4.69) is 34.2 Å². The third-order valence-electron chi connectivity index (χ3n) is 3.32. The van der Waals surface area contributed by atoms with E-state index in [1.54, 1.807) is 6.07 Å². The van der Waals surface area contributed by atoms with E-state index in [-0.39, 0.29) is 5.82 Å². The van der Waals surface area contributed by atoms with E-state index < -0.39 is 0 Å². The molecule has 0 saturated carbocycles. The Balaban J connectivity index is 1.79. The van der Waals surface area contributed by atoms with Crippen molar-refractivity contribution < 1.29 is 9.13 Å². The number of rotatable bonds is 8. The predicted octanol–water partition coefficient (Wildman–Crippen LogP) is 4.71. The van der Waals surface area contributed by atoms with Crippen molar-refractivity contribution in [3.63, 3.8) is 0 Å². The Morgan fingerprint density at radius 1 is 1.18 bits per heavy atom. The summed E-state index contributed by atoms with van der Waals surface area (Å²) >= 11 is 3.53. The van der Waals surface area contributed by atoms with E-state index in [4.69, 9.17) is 4.74 Å². The maximum Gasteiger partial charge on any atom is 0.133 e. The molecule has 0 atom stereocenters. The van der Waals surface area contributed by atoms with Crippen LogP contribution in [0.1, 0.15) is 24.5 Å². The average Bonchev–Trinajstić information content (AvgIpc) is 2.52. The quantitative estimate of drug-likeness (QED) is 0.684. The third-order valence-corrected chi connectivity index (χ3v) is 3.94. The number of nitrogens with one attached hydrogen (secondary N) is 1. The van der Waals surface area contributed by atoms with Crippen molar-refractivity contribution in [2.24, 2.45) is 0 Å². The van der Waals surface area contributed by atoms with Gasteiger partial charge in [0, 0.05) is 6.54 Å². The molecule has 2 nitrogen and oxygen atoms in total. The first-order valence-corrected chi connectivity index (χ1v) is 8.35. The fourth-order valence-corrected chi connectivity index (χ4v) is 2.68. The van der Waals surface area contributed by atoms with Gasteiger partial charge in [0.1, 0.15) is 11.6 Å². The van der Waals surface area contributed by atoms with Crippen LogP contribution in [-0.2, 0) is 13.0 Å². The van der Waals surface area contributed by atoms with Gasteiger partial charge in [0.15, 0.2) is 0 Å². The van der Waals surface area contributed by atoms with Crippen LogP contribution in [-0.4, -0.2) is 13.2 Å². The standard InChI is InChI=1S/C18H21BrFNO/c1-2-11-22-18-8-7-14(12-16(18)19)13-21-10-9-15-5-3-4-6-17(15)20/h3-8,12,21H,2,9-11,13H2,1H3. The van der Waals surface area contributed by atoms with Gasteiger partial charge in [0.05, 0.1) is 11.1 Å². The molecule has 0 aliphatic carbocycles. The Hall–Kier alpha value is -1.39. The van der Waals surface area contributed by atoms with Crippen LogP contribution < -0.4 is 10.1 Å². The van der Waals surface area contributed by atoms with Gasteiger partial charge < -0.3 is 10.1 Å². The van der Waals surface area contributed by atoms with Gasteiger partial charge in [-0.15, -0.1) is 0 Å². The number of hydrogen-bond acceptors (Lipinski definition) is 2. The highest BCUT2D eigenvalue weighted by atomic mass is 79.9. The van der Waals surface area contributed by atoms with Crippen LogP contribution in [0.5, 0.6) is 5.75 Å². The molecule has 0 spiro atoms. The number of hydrogen-bond donors (Lipinski definition) is 1. The van der Waals surface area contributed by atoms with Gasteiger partial charge in [0.2, 0.25) is 0 Å². The van der Waals surface area contributed by atoms with Crippen molar-refractivity contribution in [3.05, 3.63) is 63.9 Å². The van der Waals surface area contributed by atoms with E-state index in [1.165, 1.54) is 11.6 Å². The molecule has 2 aromatic carbocycles. The molecule has 22 heavy (non-hydrogen) atoms. The van der Waals surface area contributed by atoms with E-state index in [1.807, 2.05) is 24.3 Å². The molecule has 4 heteroatoms. The normalized spacial score (nSPS) is 10.7. The third kappa shape index (κ3) is 5.11. The molecular weight excluding hydrogens is 345 g/mol. The van der Waals surface area contributed by atoms with Crippen LogP contribution in [0.3, 0.4) is 0 Å². The van der Waals surface area contributed by atoms with E-state index in [0.29, 0.717) is 6.42 Å². The van der Waals surface area contributed by atoms with Crippen molar-refractivity contribution >= 4 is 15.9 Å². The van der Waals surface area contributed by atoms with E-state index in [9.17, 15) is 4.39 Å². The summed E-state index contributed by atoms with van der Waals surface area (Å²) in [5.41, 5.74) is 1.92. The maximum absolute atomic E-state index is 13.5. The molecule has 2 rings (SSSR count). The topological polar surface area (TPSA) is 21.3 Å². The lowest BCUT2D eigenvalue weighted by molar-refractivity contribution is 0.315. The van der Waals surface area contributed by atoms with Crippen molar-refractivity contribution in [1.82, 2.24) is 5.32 Å². The fraction of sp³-hybridized carbons (Fsp3) is 0.333. The molecule has 0 amide bonds. The van der Waals surface area contributed by atoms with Crippen molar-refractivity contribution in [2.75, 3.05) is 13.2 Å². The molecule has 0 unspecified atom stereocenters. The molecule has 0 fully saturated rings. The minimum absolute atomic E-state index is 0.135. The van der Waals surface area contributed by atoms with Crippen LogP contribution in [0.2, 0.25) is 0 Å². The molecule has 1 N–H and O–H groups in total. The first kappa shape index (κ1) is 17.0. The molecule has 0 bridgehead atoms. The SMILES string of the molecule is CCCOc1ccc(CNCCc2ccccc2F)cc1Br. The molecule has 0 aliphatic rings. The monoisotopic (exact) mass is 365 g/mol. The van der Waals surface area contributed by atoms with Gasteiger partial charge in [-0.1, -0.05) is 31.2 Å². The highest BCUT2D eigenvalue weighted by Gasteiger charge is 2.03. The first-order valence-electron chi connectivity index (χ1n) is 7.56. The zero-order valence-electron chi connectivity index (χ0n) is 12.7. The second-order valence-electron chi connectivity index (χ2n) is 5.13. The lowest BCUT2D eigenvalue weighted by atomic mass is 10.1. The average molecular weight is 366 g/mol. The van der Waals surface area contributed by atoms with Gasteiger partial charge in [-0.05, 0) is 64.6 Å². The number of benzene rings is 2. The molecule has 0 radical (unpaired) electrons. The zero-order chi connectivity index (χ0) is 15.8. The molecule has 0 aliphatic heterocycles. The second kappa shape index (κ2) is 8.91. The Morgan fingerprint density at radius 2 is 2.00 bits per heavy atom. The minimum atomic E-state index is -0.135. The summed E-state index contributed by atoms with van der Waals surface area (Å²) in [4.78, 5) is 0. The molecule has 2 aromatic rings. The summed E-state index contributed by atoms with van der Waals surface area (Å²) in [6, 6.07) is 13.0. The second-order valence-corrected chi connectivity index (χ2v) is 5.99. The summed E-state index contributed by atoms with van der Waals surface area (Å²) in [6.07, 6.45) is 1.68. The van der Waals surface area contributed by atoms with E-state index in [0.717, 1.165) is 41.9 Å². The largest absolute Gasteiger partial charge is 0.492 e. The van der Waals surface area contributed by atoms with Gasteiger partial charge in [0.25, 0.3) is 0 Å². The van der Waals surface area contributed by atoms with Gasteiger partial charge in [-0.2, -0.15) is 0 Å². The minimum Gasteiger partial charge on any atom is -0.492 e. The molecule has 0 aromatic heterocycles. The lowest BCUT2D eigenvalue weighted by Gasteiger charge is -2.10. The van der Waals surface area contributed by atoms with Crippen molar-refractivity contribution in [3.8, 4) is 5.75 Å². The summed E-state index contributed by atoms with van der Waals surface area (Å²) in [7, 11) is 0. The lowest BCUT2D eigenvalue weighted by Crippen LogP contribution is -2.17. The van der Waals surface area contributed by atoms with Crippen LogP contribution >= 0.6 is 15.9 Å². The van der Waals surface area contributed by atoms with Crippen LogP contribution in [0.15, 0.2) is 46.9 Å². The highest BCUT2D eigenvalue weighted by molar-refractivity contribution is 9.10. The van der Waals surface area contributed by atoms with E-state index >= 15 is 0 Å². The number of halogens is 2. The zero-order valence-corrected chi connectivity index (χ0v) is 14.3. The fourth-order valence-electron chi connectivity index (χ4n) is 2.14. The molecule has 118 valence electrons. The van der Waals surface area contributed by atoms with Crippen LogP contribution in [0, 0.1) is 5.82 Å². The maximum atomic E-state index is 13.5. The van der Waals surface area contributed by atoms with Gasteiger partial charge in [-0.25, -0.2) is 4.39 Å². The summed E-state index contributed by atoms with van der Waals surface area (Å²) in [5, 5.41) is 3.34. The van der Waals surface area contributed by atoms with Gasteiger partial charge >= 0.3 is 0 Å². The Labute approximate surface area is 139 Å². The Morgan fingerprint density at radius 3 is 2.73 bits per heavy atom. The Bertz CT molecular complexity index is 603. The van der Waals surface area contributed by atoms with Crippen LogP contribution in [0.4, 0.5) is 4.39 Å². The predicted molar refractivity (Wildman–Crippen MR) is 91.7 cm³/mol. The smallest absolute Gasteiger partial charge is 0.133 e. The van der Waals surface area contributed by atoms with Crippen molar-refractivity contribution in [2.45, 2.75) is 26.3 Å². The molecular formula is C18H21BrFNO. The highest BCUT2D eigenvalue weighted by Crippen LogP contribution is 2.26. The summed E-state index contributed by atoms with van der Waals surface area (Å²) < 4.78 is 20.1. The Kier molecular flexibility index (Phi) is 6.87. The van der Waals surface area contributed by atoms with Crippen LogP contribution in [0.25, 0.3) is 0 Å². The van der Waals surface area contributed by atoms with Gasteiger partial charge in [-0.3, -0.25) is 0 Å².